The zero-order valence-corrected chi connectivity index (χ0v) is 21.8. The highest BCUT2D eigenvalue weighted by Gasteiger charge is 2.23. The van der Waals surface area contributed by atoms with Gasteiger partial charge in [0, 0.05) is 24.8 Å². The first kappa shape index (κ1) is 27.0. The van der Waals surface area contributed by atoms with E-state index in [1.807, 2.05) is 25.1 Å². The summed E-state index contributed by atoms with van der Waals surface area (Å²) < 4.78 is 31.3. The van der Waals surface area contributed by atoms with E-state index in [4.69, 9.17) is 16.3 Å². The number of hydrogen-bond acceptors (Lipinski definition) is 7. The minimum atomic E-state index is -3.85. The fourth-order valence-electron chi connectivity index (χ4n) is 3.49. The molecule has 0 aliphatic carbocycles. The van der Waals surface area contributed by atoms with E-state index >= 15 is 0 Å². The summed E-state index contributed by atoms with van der Waals surface area (Å²) in [5.41, 5.74) is 2.15. The number of halogens is 1. The standard InChI is InChI=1S/C26H28ClN3O5S/c1-4-28-23-15-19(26(32)35-5-2)12-14-22(23)29-25(31)18-11-13-21(27)24(16-18)36(33,34)17-30(3)20-9-7-6-8-10-20/h6-16,28H,4-5,17H2,1-3H3,(H,29,31). The second-order valence-corrected chi connectivity index (χ2v) is 10.2. The number of nitrogens with one attached hydrogen (secondary N) is 2. The summed E-state index contributed by atoms with van der Waals surface area (Å²) in [4.78, 5) is 26.6. The zero-order chi connectivity index (χ0) is 26.3. The predicted molar refractivity (Wildman–Crippen MR) is 143 cm³/mol. The van der Waals surface area contributed by atoms with Gasteiger partial charge in [-0.2, -0.15) is 0 Å². The van der Waals surface area contributed by atoms with Crippen molar-refractivity contribution in [3.63, 3.8) is 0 Å². The van der Waals surface area contributed by atoms with Crippen LogP contribution in [0.25, 0.3) is 0 Å². The molecule has 0 saturated heterocycles. The Hall–Kier alpha value is -3.56. The number of carbonyl (C=O) groups excluding carboxylic acids is 2. The summed E-state index contributed by atoms with van der Waals surface area (Å²) >= 11 is 6.23. The maximum Gasteiger partial charge on any atom is 0.338 e. The van der Waals surface area contributed by atoms with Gasteiger partial charge in [0.2, 0.25) is 0 Å². The van der Waals surface area contributed by atoms with Gasteiger partial charge in [0.15, 0.2) is 9.84 Å². The molecule has 2 N–H and O–H groups in total. The van der Waals surface area contributed by atoms with Gasteiger partial charge in [0.1, 0.15) is 5.88 Å². The van der Waals surface area contributed by atoms with Crippen LogP contribution in [0.1, 0.15) is 34.6 Å². The Bertz CT molecular complexity index is 1350. The van der Waals surface area contributed by atoms with Crippen LogP contribution in [0.4, 0.5) is 17.1 Å². The van der Waals surface area contributed by atoms with Gasteiger partial charge in [0.05, 0.1) is 33.5 Å². The van der Waals surface area contributed by atoms with Crippen LogP contribution in [0.2, 0.25) is 5.02 Å². The molecule has 10 heteroatoms. The monoisotopic (exact) mass is 529 g/mol. The van der Waals surface area contributed by atoms with Gasteiger partial charge in [0.25, 0.3) is 5.91 Å². The number of hydrogen-bond donors (Lipinski definition) is 2. The molecular weight excluding hydrogens is 502 g/mol. The molecule has 1 amide bonds. The van der Waals surface area contributed by atoms with Crippen molar-refractivity contribution in [3.8, 4) is 0 Å². The molecule has 3 aromatic carbocycles. The molecule has 36 heavy (non-hydrogen) atoms. The third-order valence-corrected chi connectivity index (χ3v) is 7.41. The molecule has 3 rings (SSSR count). The highest BCUT2D eigenvalue weighted by molar-refractivity contribution is 7.91. The number of para-hydroxylation sites is 1. The first-order valence-electron chi connectivity index (χ1n) is 11.3. The Morgan fingerprint density at radius 1 is 0.944 bits per heavy atom. The lowest BCUT2D eigenvalue weighted by atomic mass is 10.1. The minimum Gasteiger partial charge on any atom is -0.462 e. The summed E-state index contributed by atoms with van der Waals surface area (Å²) in [6.07, 6.45) is 0. The van der Waals surface area contributed by atoms with Gasteiger partial charge in [-0.15, -0.1) is 0 Å². The number of nitrogens with zero attached hydrogens (tertiary/aromatic N) is 1. The van der Waals surface area contributed by atoms with Crippen LogP contribution in [-0.4, -0.2) is 46.4 Å². The summed E-state index contributed by atoms with van der Waals surface area (Å²) in [6.45, 7) is 4.40. The number of ether oxygens (including phenoxy) is 1. The van der Waals surface area contributed by atoms with Gasteiger partial charge in [-0.05, 0) is 62.4 Å². The Balaban J connectivity index is 1.85. The quantitative estimate of drug-likeness (QED) is 0.353. The number of sulfone groups is 1. The van der Waals surface area contributed by atoms with E-state index in [1.54, 1.807) is 49.2 Å². The van der Waals surface area contributed by atoms with Crippen molar-refractivity contribution in [2.45, 2.75) is 18.7 Å². The topological polar surface area (TPSA) is 105 Å². The summed E-state index contributed by atoms with van der Waals surface area (Å²) in [6, 6.07) is 17.9. The van der Waals surface area contributed by atoms with E-state index < -0.39 is 21.7 Å². The minimum absolute atomic E-state index is 0.0279. The van der Waals surface area contributed by atoms with Crippen LogP contribution in [0, 0.1) is 0 Å². The molecule has 0 unspecified atom stereocenters. The van der Waals surface area contributed by atoms with E-state index in [2.05, 4.69) is 10.6 Å². The SMILES string of the molecule is CCNc1cc(C(=O)OCC)ccc1NC(=O)c1ccc(Cl)c(S(=O)(=O)CN(C)c2ccccc2)c1. The lowest BCUT2D eigenvalue weighted by Gasteiger charge is -2.20. The number of rotatable bonds is 10. The van der Waals surface area contributed by atoms with E-state index in [0.29, 0.717) is 23.5 Å². The molecule has 3 aromatic rings. The van der Waals surface area contributed by atoms with Crippen LogP contribution in [0.3, 0.4) is 0 Å². The average Bonchev–Trinajstić information content (AvgIpc) is 2.85. The Kier molecular flexibility index (Phi) is 8.95. The van der Waals surface area contributed by atoms with Gasteiger partial charge in [-0.25, -0.2) is 13.2 Å². The van der Waals surface area contributed by atoms with Crippen LogP contribution in [0.5, 0.6) is 0 Å². The Morgan fingerprint density at radius 2 is 1.64 bits per heavy atom. The molecular formula is C26H28ClN3O5S. The highest BCUT2D eigenvalue weighted by atomic mass is 35.5. The van der Waals surface area contributed by atoms with E-state index in [9.17, 15) is 18.0 Å². The van der Waals surface area contributed by atoms with Crippen LogP contribution >= 0.6 is 11.6 Å². The van der Waals surface area contributed by atoms with Crippen LogP contribution in [0.15, 0.2) is 71.6 Å². The van der Waals surface area contributed by atoms with Crippen molar-refractivity contribution < 1.29 is 22.7 Å². The normalized spacial score (nSPS) is 11.0. The van der Waals surface area contributed by atoms with Crippen molar-refractivity contribution in [2.24, 2.45) is 0 Å². The number of amides is 1. The Morgan fingerprint density at radius 3 is 2.31 bits per heavy atom. The molecule has 0 atom stereocenters. The second-order valence-electron chi connectivity index (χ2n) is 7.89. The lowest BCUT2D eigenvalue weighted by Crippen LogP contribution is -2.26. The smallest absolute Gasteiger partial charge is 0.338 e. The molecule has 190 valence electrons. The number of esters is 1. The lowest BCUT2D eigenvalue weighted by molar-refractivity contribution is 0.0526. The van der Waals surface area contributed by atoms with Gasteiger partial charge >= 0.3 is 5.97 Å². The van der Waals surface area contributed by atoms with Gasteiger partial charge in [-0.3, -0.25) is 4.79 Å². The van der Waals surface area contributed by atoms with Crippen molar-refractivity contribution in [1.29, 1.82) is 0 Å². The van der Waals surface area contributed by atoms with Gasteiger partial charge in [-0.1, -0.05) is 29.8 Å². The molecule has 0 radical (unpaired) electrons. The molecule has 0 heterocycles. The van der Waals surface area contributed by atoms with Crippen molar-refractivity contribution >= 4 is 50.4 Å². The number of carbonyl (C=O) groups is 2. The summed E-state index contributed by atoms with van der Waals surface area (Å²) in [5, 5.41) is 5.91. The first-order valence-corrected chi connectivity index (χ1v) is 13.3. The van der Waals surface area contributed by atoms with Crippen molar-refractivity contribution in [3.05, 3.63) is 82.9 Å². The molecule has 0 spiro atoms. The van der Waals surface area contributed by atoms with E-state index in [-0.39, 0.29) is 28.0 Å². The third kappa shape index (κ3) is 6.56. The molecule has 0 fully saturated rings. The fraction of sp³-hybridized carbons (Fsp3) is 0.231. The van der Waals surface area contributed by atoms with E-state index in [0.717, 1.165) is 5.69 Å². The van der Waals surface area contributed by atoms with Crippen LogP contribution in [-0.2, 0) is 14.6 Å². The number of anilines is 3. The predicted octanol–water partition coefficient (Wildman–Crippen LogP) is 5.07. The summed E-state index contributed by atoms with van der Waals surface area (Å²) in [7, 11) is -2.19. The molecule has 0 aliphatic rings. The zero-order valence-electron chi connectivity index (χ0n) is 20.2. The molecule has 0 aliphatic heterocycles. The maximum atomic E-state index is 13.2. The van der Waals surface area contributed by atoms with Crippen molar-refractivity contribution in [2.75, 3.05) is 41.6 Å². The molecule has 8 nitrogen and oxygen atoms in total. The average molecular weight is 530 g/mol. The van der Waals surface area contributed by atoms with Crippen molar-refractivity contribution in [1.82, 2.24) is 0 Å². The number of benzene rings is 3. The van der Waals surface area contributed by atoms with E-state index in [1.165, 1.54) is 18.2 Å². The van der Waals surface area contributed by atoms with Gasteiger partial charge < -0.3 is 20.3 Å². The second kappa shape index (κ2) is 11.9. The molecule has 0 saturated carbocycles. The maximum absolute atomic E-state index is 13.2. The highest BCUT2D eigenvalue weighted by Crippen LogP contribution is 2.28. The molecule has 0 bridgehead atoms. The Labute approximate surface area is 216 Å². The van der Waals surface area contributed by atoms with Crippen LogP contribution < -0.4 is 15.5 Å². The first-order chi connectivity index (χ1) is 17.2. The third-order valence-electron chi connectivity index (χ3n) is 5.24. The molecule has 0 aromatic heterocycles. The summed E-state index contributed by atoms with van der Waals surface area (Å²) in [5.74, 6) is -1.31. The fourth-order valence-corrected chi connectivity index (χ4v) is 5.43. The largest absolute Gasteiger partial charge is 0.462 e.